The van der Waals surface area contributed by atoms with Crippen LogP contribution in [0.5, 0.6) is 0 Å². The Balaban J connectivity index is 1.81. The summed E-state index contributed by atoms with van der Waals surface area (Å²) in [6, 6.07) is 12.9. The number of anilines is 1. The lowest BCUT2D eigenvalue weighted by Crippen LogP contribution is -2.40. The number of ether oxygens (including phenoxy) is 1. The van der Waals surface area contributed by atoms with Crippen molar-refractivity contribution in [1.82, 2.24) is 4.90 Å². The van der Waals surface area contributed by atoms with Gasteiger partial charge in [0.25, 0.3) is 5.91 Å². The van der Waals surface area contributed by atoms with Gasteiger partial charge in [-0.05, 0) is 54.8 Å². The van der Waals surface area contributed by atoms with E-state index in [-0.39, 0.29) is 12.5 Å². The molecule has 2 aromatic rings. The molecule has 0 aromatic heterocycles. The number of carbonyl (C=O) groups excluding carboxylic acids is 1. The summed E-state index contributed by atoms with van der Waals surface area (Å²) in [5.41, 5.74) is 4.09. The van der Waals surface area contributed by atoms with E-state index in [1.54, 1.807) is 17.0 Å². The first kappa shape index (κ1) is 20.4. The number of hydrogen-bond acceptors (Lipinski definition) is 4. The van der Waals surface area contributed by atoms with Crippen molar-refractivity contribution in [3.63, 3.8) is 0 Å². The highest BCUT2D eigenvalue weighted by Gasteiger charge is 2.20. The lowest BCUT2D eigenvalue weighted by molar-refractivity contribution is 0.0303. The fourth-order valence-electron chi connectivity index (χ4n) is 3.36. The summed E-state index contributed by atoms with van der Waals surface area (Å²) in [6.45, 7) is 6.41. The van der Waals surface area contributed by atoms with E-state index < -0.39 is 10.0 Å². The fraction of sp³-hybridized carbons (Fsp3) is 0.381. The molecule has 150 valence electrons. The standard InChI is InChI=1S/C21H26N2O4S/c1-16-12-17(2)14-20(13-16)23(28(3,25)26)15-18-4-6-19(7-5-18)21(24)22-8-10-27-11-9-22/h4-7,12-14H,8-11,15H2,1-3H3. The quantitative estimate of drug-likeness (QED) is 0.771. The lowest BCUT2D eigenvalue weighted by Gasteiger charge is -2.27. The molecule has 0 bridgehead atoms. The highest BCUT2D eigenvalue weighted by molar-refractivity contribution is 7.92. The highest BCUT2D eigenvalue weighted by Crippen LogP contribution is 2.24. The second kappa shape index (κ2) is 8.32. The Morgan fingerprint density at radius 3 is 2.14 bits per heavy atom. The van der Waals surface area contributed by atoms with Gasteiger partial charge in [0.2, 0.25) is 10.0 Å². The maximum absolute atomic E-state index is 12.6. The van der Waals surface area contributed by atoms with Gasteiger partial charge in [-0.2, -0.15) is 0 Å². The smallest absolute Gasteiger partial charge is 0.254 e. The molecule has 6 nitrogen and oxygen atoms in total. The summed E-state index contributed by atoms with van der Waals surface area (Å²) in [5, 5.41) is 0. The second-order valence-corrected chi connectivity index (χ2v) is 9.12. The third-order valence-electron chi connectivity index (χ3n) is 4.72. The van der Waals surface area contributed by atoms with Gasteiger partial charge in [0, 0.05) is 18.7 Å². The maximum Gasteiger partial charge on any atom is 0.254 e. The van der Waals surface area contributed by atoms with Crippen LogP contribution in [0.2, 0.25) is 0 Å². The molecule has 0 unspecified atom stereocenters. The number of morpholine rings is 1. The molecule has 7 heteroatoms. The molecule has 3 rings (SSSR count). The van der Waals surface area contributed by atoms with Gasteiger partial charge in [0.1, 0.15) is 0 Å². The monoisotopic (exact) mass is 402 g/mol. The van der Waals surface area contributed by atoms with Gasteiger partial charge in [0.05, 0.1) is 31.7 Å². The van der Waals surface area contributed by atoms with Crippen LogP contribution in [0.1, 0.15) is 27.0 Å². The highest BCUT2D eigenvalue weighted by atomic mass is 32.2. The average molecular weight is 403 g/mol. The van der Waals surface area contributed by atoms with Crippen LogP contribution in [0.4, 0.5) is 5.69 Å². The molecule has 0 aliphatic carbocycles. The zero-order valence-electron chi connectivity index (χ0n) is 16.5. The molecule has 28 heavy (non-hydrogen) atoms. The average Bonchev–Trinajstić information content (AvgIpc) is 2.65. The van der Waals surface area contributed by atoms with Crippen LogP contribution in [0.15, 0.2) is 42.5 Å². The van der Waals surface area contributed by atoms with E-state index in [9.17, 15) is 13.2 Å². The molecule has 0 radical (unpaired) electrons. The first-order valence-corrected chi connectivity index (χ1v) is 11.1. The predicted octanol–water partition coefficient (Wildman–Crippen LogP) is 2.74. The lowest BCUT2D eigenvalue weighted by atomic mass is 10.1. The first-order valence-electron chi connectivity index (χ1n) is 9.26. The Kier molecular flexibility index (Phi) is 6.05. The van der Waals surface area contributed by atoms with Crippen molar-refractivity contribution >= 4 is 21.6 Å². The molecule has 1 heterocycles. The molecule has 0 spiro atoms. The molecule has 1 aliphatic heterocycles. The molecule has 2 aromatic carbocycles. The normalized spacial score (nSPS) is 14.8. The summed E-state index contributed by atoms with van der Waals surface area (Å²) < 4.78 is 31.5. The second-order valence-electron chi connectivity index (χ2n) is 7.22. The molecule has 1 fully saturated rings. The number of carbonyl (C=O) groups is 1. The largest absolute Gasteiger partial charge is 0.378 e. The van der Waals surface area contributed by atoms with Crippen molar-refractivity contribution in [2.75, 3.05) is 36.9 Å². The summed E-state index contributed by atoms with van der Waals surface area (Å²) in [4.78, 5) is 14.3. The number of sulfonamides is 1. The number of benzene rings is 2. The minimum absolute atomic E-state index is 0.0240. The van der Waals surface area contributed by atoms with Crippen molar-refractivity contribution in [3.05, 3.63) is 64.7 Å². The van der Waals surface area contributed by atoms with E-state index in [2.05, 4.69) is 0 Å². The third-order valence-corrected chi connectivity index (χ3v) is 5.86. The number of nitrogens with zero attached hydrogens (tertiary/aromatic N) is 2. The van der Waals surface area contributed by atoms with Gasteiger partial charge in [-0.15, -0.1) is 0 Å². The minimum Gasteiger partial charge on any atom is -0.378 e. The van der Waals surface area contributed by atoms with Crippen LogP contribution < -0.4 is 4.31 Å². The summed E-state index contributed by atoms with van der Waals surface area (Å²) in [7, 11) is -3.45. The fourth-order valence-corrected chi connectivity index (χ4v) is 4.23. The van der Waals surface area contributed by atoms with Crippen molar-refractivity contribution in [1.29, 1.82) is 0 Å². The van der Waals surface area contributed by atoms with E-state index in [1.165, 1.54) is 10.6 Å². The van der Waals surface area contributed by atoms with Gasteiger partial charge < -0.3 is 9.64 Å². The van der Waals surface area contributed by atoms with Crippen LogP contribution in [0.25, 0.3) is 0 Å². The van der Waals surface area contributed by atoms with Gasteiger partial charge in [-0.3, -0.25) is 9.10 Å². The predicted molar refractivity (Wildman–Crippen MR) is 110 cm³/mol. The van der Waals surface area contributed by atoms with Crippen molar-refractivity contribution in [3.8, 4) is 0 Å². The SMILES string of the molecule is Cc1cc(C)cc(N(Cc2ccc(C(=O)N3CCOCC3)cc2)S(C)(=O)=O)c1. The molecule has 0 atom stereocenters. The van der Waals surface area contributed by atoms with E-state index in [4.69, 9.17) is 4.74 Å². The first-order chi connectivity index (χ1) is 13.2. The topological polar surface area (TPSA) is 66.9 Å². The number of hydrogen-bond donors (Lipinski definition) is 0. The Morgan fingerprint density at radius 2 is 1.61 bits per heavy atom. The van der Waals surface area contributed by atoms with Crippen LogP contribution in [-0.4, -0.2) is 51.8 Å². The van der Waals surface area contributed by atoms with Crippen LogP contribution >= 0.6 is 0 Å². The number of aryl methyl sites for hydroxylation is 2. The Morgan fingerprint density at radius 1 is 1.04 bits per heavy atom. The maximum atomic E-state index is 12.6. The van der Waals surface area contributed by atoms with Crippen LogP contribution in [0.3, 0.4) is 0 Å². The molecule has 0 saturated carbocycles. The van der Waals surface area contributed by atoms with Gasteiger partial charge >= 0.3 is 0 Å². The van der Waals surface area contributed by atoms with Crippen LogP contribution in [-0.2, 0) is 21.3 Å². The Hall–Kier alpha value is -2.38. The third kappa shape index (κ3) is 4.91. The Labute approximate surface area is 166 Å². The molecule has 0 N–H and O–H groups in total. The van der Waals surface area contributed by atoms with Crippen molar-refractivity contribution in [2.45, 2.75) is 20.4 Å². The number of amides is 1. The minimum atomic E-state index is -3.45. The zero-order valence-corrected chi connectivity index (χ0v) is 17.3. The molecular formula is C21H26N2O4S. The van der Waals surface area contributed by atoms with Gasteiger partial charge in [-0.1, -0.05) is 18.2 Å². The van der Waals surface area contributed by atoms with Crippen molar-refractivity contribution < 1.29 is 17.9 Å². The molecule has 1 saturated heterocycles. The molecule has 1 amide bonds. The van der Waals surface area contributed by atoms with E-state index >= 15 is 0 Å². The van der Waals surface area contributed by atoms with Crippen LogP contribution in [0, 0.1) is 13.8 Å². The molecular weight excluding hydrogens is 376 g/mol. The van der Waals surface area contributed by atoms with Crippen molar-refractivity contribution in [2.24, 2.45) is 0 Å². The van der Waals surface area contributed by atoms with Gasteiger partial charge in [-0.25, -0.2) is 8.42 Å². The molecule has 1 aliphatic rings. The summed E-state index contributed by atoms with van der Waals surface area (Å²) in [5.74, 6) is -0.0240. The number of rotatable bonds is 5. The summed E-state index contributed by atoms with van der Waals surface area (Å²) in [6.07, 6.45) is 1.21. The zero-order chi connectivity index (χ0) is 20.3. The summed E-state index contributed by atoms with van der Waals surface area (Å²) >= 11 is 0. The van der Waals surface area contributed by atoms with E-state index in [0.29, 0.717) is 37.6 Å². The van der Waals surface area contributed by atoms with E-state index in [0.717, 1.165) is 16.7 Å². The Bertz CT molecular complexity index is 929. The van der Waals surface area contributed by atoms with E-state index in [1.807, 2.05) is 44.2 Å². The van der Waals surface area contributed by atoms with Gasteiger partial charge in [0.15, 0.2) is 0 Å².